The fourth-order valence-corrected chi connectivity index (χ4v) is 3.24. The van der Waals surface area contributed by atoms with Crippen molar-refractivity contribution >= 4 is 17.5 Å². The van der Waals surface area contributed by atoms with Crippen LogP contribution in [0.25, 0.3) is 0 Å². The van der Waals surface area contributed by atoms with Crippen LogP contribution in [0.5, 0.6) is 0 Å². The van der Waals surface area contributed by atoms with Crippen LogP contribution >= 0.6 is 11.6 Å². The predicted molar refractivity (Wildman–Crippen MR) is 96.6 cm³/mol. The van der Waals surface area contributed by atoms with Crippen molar-refractivity contribution in [2.75, 3.05) is 13.1 Å². The minimum absolute atomic E-state index is 0.0576. The molecule has 2 aromatic carbocycles. The maximum Gasteiger partial charge on any atom is 0.226 e. The van der Waals surface area contributed by atoms with Gasteiger partial charge in [0.05, 0.1) is 12.0 Å². The number of nitrogens with one attached hydrogen (secondary N) is 3. The molecule has 2 unspecified atom stereocenters. The molecule has 1 aliphatic heterocycles. The second-order valence-electron chi connectivity index (χ2n) is 6.04. The Balaban J connectivity index is 1.50. The summed E-state index contributed by atoms with van der Waals surface area (Å²) in [6.07, 6.45) is 1.91. The Labute approximate surface area is 147 Å². The number of carbonyl (C=O) groups excluding carboxylic acids is 1. The molecule has 2 aromatic rings. The summed E-state index contributed by atoms with van der Waals surface area (Å²) in [6.45, 7) is 1.30. The predicted octanol–water partition coefficient (Wildman–Crippen LogP) is 2.85. The summed E-state index contributed by atoms with van der Waals surface area (Å²) in [5.41, 5.74) is 8.59. The number of hydrazine groups is 1. The first-order valence-corrected chi connectivity index (χ1v) is 8.67. The Bertz CT molecular complexity index is 677. The third kappa shape index (κ3) is 4.35. The van der Waals surface area contributed by atoms with E-state index in [1.807, 2.05) is 42.5 Å². The Kier molecular flexibility index (Phi) is 5.86. The smallest absolute Gasteiger partial charge is 0.226 e. The van der Waals surface area contributed by atoms with Crippen LogP contribution in [0, 0.1) is 5.92 Å². The molecule has 126 valence electrons. The molecule has 0 aliphatic carbocycles. The Morgan fingerprint density at radius 3 is 2.79 bits per heavy atom. The average Bonchev–Trinajstić information content (AvgIpc) is 3.09. The SMILES string of the molecule is O=C(NCCCc1ccccc1)C1CNNC1c1cccc(Cl)c1. The van der Waals surface area contributed by atoms with Crippen LogP contribution in [0.1, 0.15) is 23.6 Å². The number of hydrogen-bond acceptors (Lipinski definition) is 3. The lowest BCUT2D eigenvalue weighted by molar-refractivity contribution is -0.124. The third-order valence-corrected chi connectivity index (χ3v) is 4.55. The number of amides is 1. The second-order valence-corrected chi connectivity index (χ2v) is 6.48. The third-order valence-electron chi connectivity index (χ3n) is 4.31. The van der Waals surface area contributed by atoms with Gasteiger partial charge in [0.2, 0.25) is 5.91 Å². The molecule has 3 N–H and O–H groups in total. The van der Waals surface area contributed by atoms with E-state index >= 15 is 0 Å². The van der Waals surface area contributed by atoms with Gasteiger partial charge in [0.15, 0.2) is 0 Å². The lowest BCUT2D eigenvalue weighted by atomic mass is 9.94. The van der Waals surface area contributed by atoms with Crippen molar-refractivity contribution in [2.24, 2.45) is 5.92 Å². The summed E-state index contributed by atoms with van der Waals surface area (Å²) in [5, 5.41) is 3.74. The topological polar surface area (TPSA) is 53.2 Å². The summed E-state index contributed by atoms with van der Waals surface area (Å²) in [5.74, 6) is -0.0641. The highest BCUT2D eigenvalue weighted by Crippen LogP contribution is 2.26. The fraction of sp³-hybridized carbons (Fsp3) is 0.316. The van der Waals surface area contributed by atoms with Gasteiger partial charge in [-0.3, -0.25) is 10.2 Å². The molecule has 1 fully saturated rings. The zero-order valence-corrected chi connectivity index (χ0v) is 14.2. The largest absolute Gasteiger partial charge is 0.356 e. The van der Waals surface area contributed by atoms with E-state index in [1.54, 1.807) is 0 Å². The van der Waals surface area contributed by atoms with Crippen molar-refractivity contribution < 1.29 is 4.79 Å². The number of hydrogen-bond donors (Lipinski definition) is 3. The minimum atomic E-state index is -0.139. The van der Waals surface area contributed by atoms with E-state index in [9.17, 15) is 4.79 Å². The minimum Gasteiger partial charge on any atom is -0.356 e. The lowest BCUT2D eigenvalue weighted by Gasteiger charge is -2.18. The Morgan fingerprint density at radius 2 is 2.00 bits per heavy atom. The summed E-state index contributed by atoms with van der Waals surface area (Å²) in [6, 6.07) is 17.9. The molecule has 4 nitrogen and oxygen atoms in total. The highest BCUT2D eigenvalue weighted by molar-refractivity contribution is 6.30. The number of aryl methyl sites for hydroxylation is 1. The Morgan fingerprint density at radius 1 is 1.17 bits per heavy atom. The van der Waals surface area contributed by atoms with Gasteiger partial charge in [-0.1, -0.05) is 54.1 Å². The molecule has 0 radical (unpaired) electrons. The van der Waals surface area contributed by atoms with Crippen LogP contribution in [0.15, 0.2) is 54.6 Å². The molecule has 1 amide bonds. The molecule has 3 rings (SSSR count). The van der Waals surface area contributed by atoms with E-state index in [4.69, 9.17) is 11.6 Å². The summed E-state index contributed by atoms with van der Waals surface area (Å²) < 4.78 is 0. The second kappa shape index (κ2) is 8.29. The summed E-state index contributed by atoms with van der Waals surface area (Å²) in [7, 11) is 0. The monoisotopic (exact) mass is 343 g/mol. The lowest BCUT2D eigenvalue weighted by Crippen LogP contribution is -2.35. The van der Waals surface area contributed by atoms with Gasteiger partial charge in [-0.05, 0) is 36.1 Å². The molecule has 0 bridgehead atoms. The zero-order chi connectivity index (χ0) is 16.8. The fourth-order valence-electron chi connectivity index (χ4n) is 3.04. The van der Waals surface area contributed by atoms with Crippen LogP contribution in [-0.4, -0.2) is 19.0 Å². The van der Waals surface area contributed by atoms with Crippen LogP contribution in [0.3, 0.4) is 0 Å². The van der Waals surface area contributed by atoms with Crippen LogP contribution in [-0.2, 0) is 11.2 Å². The molecule has 24 heavy (non-hydrogen) atoms. The average molecular weight is 344 g/mol. The molecule has 2 atom stereocenters. The molecule has 5 heteroatoms. The van der Waals surface area contributed by atoms with E-state index in [0.717, 1.165) is 18.4 Å². The van der Waals surface area contributed by atoms with Crippen molar-refractivity contribution in [3.63, 3.8) is 0 Å². The molecule has 1 aliphatic rings. The number of halogens is 1. The highest BCUT2D eigenvalue weighted by Gasteiger charge is 2.33. The van der Waals surface area contributed by atoms with Gasteiger partial charge in [-0.15, -0.1) is 0 Å². The molecule has 1 heterocycles. The van der Waals surface area contributed by atoms with E-state index < -0.39 is 0 Å². The van der Waals surface area contributed by atoms with Gasteiger partial charge in [-0.2, -0.15) is 0 Å². The molecule has 0 saturated carbocycles. The van der Waals surface area contributed by atoms with Crippen LogP contribution in [0.2, 0.25) is 5.02 Å². The van der Waals surface area contributed by atoms with Gasteiger partial charge in [0, 0.05) is 18.1 Å². The van der Waals surface area contributed by atoms with E-state index in [1.165, 1.54) is 5.56 Å². The van der Waals surface area contributed by atoms with Crippen molar-refractivity contribution in [1.29, 1.82) is 0 Å². The standard InChI is InChI=1S/C19H22ClN3O/c20-16-10-4-9-15(12-16)18-17(13-22-23-18)19(24)21-11-5-8-14-6-2-1-3-7-14/h1-4,6-7,9-10,12,17-18,22-23H,5,8,11,13H2,(H,21,24). The number of rotatable bonds is 6. The van der Waals surface area contributed by atoms with Gasteiger partial charge < -0.3 is 5.32 Å². The maximum atomic E-state index is 12.5. The number of benzene rings is 2. The summed E-state index contributed by atoms with van der Waals surface area (Å²) in [4.78, 5) is 12.5. The van der Waals surface area contributed by atoms with Gasteiger partial charge in [0.1, 0.15) is 0 Å². The molecule has 1 saturated heterocycles. The first-order valence-electron chi connectivity index (χ1n) is 8.29. The van der Waals surface area contributed by atoms with Crippen LogP contribution in [0.4, 0.5) is 0 Å². The van der Waals surface area contributed by atoms with Gasteiger partial charge in [-0.25, -0.2) is 5.43 Å². The zero-order valence-electron chi connectivity index (χ0n) is 13.5. The van der Waals surface area contributed by atoms with E-state index in [-0.39, 0.29) is 17.9 Å². The molecular formula is C19H22ClN3O. The quantitative estimate of drug-likeness (QED) is 0.707. The molecule has 0 spiro atoms. The molecular weight excluding hydrogens is 322 g/mol. The highest BCUT2D eigenvalue weighted by atomic mass is 35.5. The Hall–Kier alpha value is -1.88. The number of carbonyl (C=O) groups is 1. The van der Waals surface area contributed by atoms with E-state index in [0.29, 0.717) is 18.1 Å². The van der Waals surface area contributed by atoms with Crippen molar-refractivity contribution in [3.8, 4) is 0 Å². The van der Waals surface area contributed by atoms with Gasteiger partial charge >= 0.3 is 0 Å². The normalized spacial score (nSPS) is 20.0. The molecule has 0 aromatic heterocycles. The van der Waals surface area contributed by atoms with Crippen LogP contribution < -0.4 is 16.2 Å². The van der Waals surface area contributed by atoms with E-state index in [2.05, 4.69) is 28.3 Å². The van der Waals surface area contributed by atoms with Crippen molar-refractivity contribution in [2.45, 2.75) is 18.9 Å². The maximum absolute atomic E-state index is 12.5. The summed E-state index contributed by atoms with van der Waals surface area (Å²) >= 11 is 6.06. The van der Waals surface area contributed by atoms with Crippen molar-refractivity contribution in [3.05, 3.63) is 70.7 Å². The first-order chi connectivity index (χ1) is 11.7. The first kappa shape index (κ1) is 17.0. The van der Waals surface area contributed by atoms with Gasteiger partial charge in [0.25, 0.3) is 0 Å². The van der Waals surface area contributed by atoms with Crippen molar-refractivity contribution in [1.82, 2.24) is 16.2 Å².